The van der Waals surface area contributed by atoms with Crippen LogP contribution in [0.1, 0.15) is 11.1 Å². The number of benzene rings is 2. The molecule has 0 aliphatic rings. The first-order chi connectivity index (χ1) is 15.8. The van der Waals surface area contributed by atoms with E-state index in [2.05, 4.69) is 0 Å². The van der Waals surface area contributed by atoms with E-state index in [1.54, 1.807) is 44.6 Å². The predicted molar refractivity (Wildman–Crippen MR) is 126 cm³/mol. The minimum Gasteiger partial charge on any atom is -0.497 e. The summed E-state index contributed by atoms with van der Waals surface area (Å²) in [6, 6.07) is 21.0. The molecule has 0 radical (unpaired) electrons. The first-order valence-corrected chi connectivity index (χ1v) is 10.1. The van der Waals surface area contributed by atoms with Crippen LogP contribution in [0.2, 0.25) is 0 Å². The summed E-state index contributed by atoms with van der Waals surface area (Å²) >= 11 is 0. The van der Waals surface area contributed by atoms with Crippen molar-refractivity contribution >= 4 is 0 Å². The van der Waals surface area contributed by atoms with Crippen LogP contribution < -0.4 is 20.7 Å². The number of aromatic nitrogens is 1. The Kier molecular flexibility index (Phi) is 7.35. The summed E-state index contributed by atoms with van der Waals surface area (Å²) in [5, 5.41) is 9.67. The lowest BCUT2D eigenvalue weighted by Gasteiger charge is -2.08. The van der Waals surface area contributed by atoms with E-state index in [1.807, 2.05) is 44.2 Å². The number of nitrogens with zero attached hydrogens (tertiary/aromatic N) is 1. The lowest BCUT2D eigenvalue weighted by Crippen LogP contribution is -2.18. The van der Waals surface area contributed by atoms with Crippen molar-refractivity contribution in [1.82, 2.24) is 4.73 Å². The highest BCUT2D eigenvalue weighted by Crippen LogP contribution is 2.22. The van der Waals surface area contributed by atoms with E-state index in [-0.39, 0.29) is 5.63 Å². The van der Waals surface area contributed by atoms with Crippen LogP contribution in [0, 0.1) is 13.8 Å². The van der Waals surface area contributed by atoms with Crippen molar-refractivity contribution in [3.05, 3.63) is 105 Å². The molecule has 0 spiro atoms. The third kappa shape index (κ3) is 5.92. The number of pyridine rings is 1. The van der Waals surface area contributed by atoms with Crippen LogP contribution in [0.4, 0.5) is 0 Å². The summed E-state index contributed by atoms with van der Waals surface area (Å²) in [6.45, 7) is 3.68. The summed E-state index contributed by atoms with van der Waals surface area (Å²) in [7, 11) is 3.20. The van der Waals surface area contributed by atoms with Crippen molar-refractivity contribution in [2.24, 2.45) is 0 Å². The van der Waals surface area contributed by atoms with E-state index in [1.165, 1.54) is 12.1 Å². The molecule has 0 saturated heterocycles. The van der Waals surface area contributed by atoms with Crippen LogP contribution in [0.25, 0.3) is 22.6 Å². The summed E-state index contributed by atoms with van der Waals surface area (Å²) in [6.07, 6.45) is 0. The van der Waals surface area contributed by atoms with Gasteiger partial charge >= 0.3 is 5.63 Å². The molecule has 0 bridgehead atoms. The van der Waals surface area contributed by atoms with E-state index in [4.69, 9.17) is 13.9 Å². The average Bonchev–Trinajstić information content (AvgIpc) is 2.81. The molecular formula is C26H25NO6. The molecule has 1 N–H and O–H groups in total. The van der Waals surface area contributed by atoms with Gasteiger partial charge in [-0.2, -0.15) is 0 Å². The number of hydrogen-bond donors (Lipinski definition) is 1. The quantitative estimate of drug-likeness (QED) is 0.456. The highest BCUT2D eigenvalue weighted by Gasteiger charge is 2.07. The molecule has 0 saturated carbocycles. The maximum absolute atomic E-state index is 11.4. The minimum absolute atomic E-state index is 0.328. The summed E-state index contributed by atoms with van der Waals surface area (Å²) in [4.78, 5) is 22.7. The molecule has 0 aliphatic carbocycles. The number of aryl methyl sites for hydroxylation is 2. The molecular weight excluding hydrogens is 422 g/mol. The number of hydrogen-bond acceptors (Lipinski definition) is 6. The van der Waals surface area contributed by atoms with Gasteiger partial charge in [0, 0.05) is 23.3 Å². The van der Waals surface area contributed by atoms with E-state index < -0.39 is 5.56 Å². The van der Waals surface area contributed by atoms with Gasteiger partial charge in [0.1, 0.15) is 17.3 Å². The fraction of sp³-hybridized carbons (Fsp3) is 0.154. The maximum atomic E-state index is 11.4. The van der Waals surface area contributed by atoms with Crippen molar-refractivity contribution in [2.45, 2.75) is 13.8 Å². The van der Waals surface area contributed by atoms with Crippen molar-refractivity contribution in [1.29, 1.82) is 0 Å². The van der Waals surface area contributed by atoms with E-state index >= 15 is 0 Å². The molecule has 0 atom stereocenters. The topological polar surface area (TPSA) is 90.9 Å². The molecule has 4 rings (SSSR count). The molecule has 2 heterocycles. The number of methoxy groups -OCH3 is 2. The van der Waals surface area contributed by atoms with E-state index in [9.17, 15) is 14.8 Å². The van der Waals surface area contributed by atoms with Gasteiger partial charge in [-0.05, 0) is 85.6 Å². The van der Waals surface area contributed by atoms with E-state index in [0.29, 0.717) is 16.2 Å². The fourth-order valence-electron chi connectivity index (χ4n) is 3.16. The van der Waals surface area contributed by atoms with Gasteiger partial charge in [-0.25, -0.2) is 4.79 Å². The first kappa shape index (κ1) is 23.4. The van der Waals surface area contributed by atoms with Gasteiger partial charge in [0.2, 0.25) is 0 Å². The Balaban J connectivity index is 0.000000186. The van der Waals surface area contributed by atoms with Gasteiger partial charge in [-0.3, -0.25) is 4.79 Å². The SMILES string of the molecule is COc1ccc(-c2cc(C)cc(=O)n2O)cc1.COc1ccc(-c2cc(C)cc(=O)o2)cc1. The molecule has 0 unspecified atom stereocenters. The molecule has 0 fully saturated rings. The zero-order chi connectivity index (χ0) is 24.0. The smallest absolute Gasteiger partial charge is 0.336 e. The summed E-state index contributed by atoms with van der Waals surface area (Å²) < 4.78 is 15.9. The molecule has 7 nitrogen and oxygen atoms in total. The maximum Gasteiger partial charge on any atom is 0.336 e. The second-order valence-electron chi connectivity index (χ2n) is 7.34. The first-order valence-electron chi connectivity index (χ1n) is 10.1. The Labute approximate surface area is 191 Å². The van der Waals surface area contributed by atoms with Crippen LogP contribution in [0.3, 0.4) is 0 Å². The van der Waals surface area contributed by atoms with Crippen LogP contribution in [-0.2, 0) is 0 Å². The van der Waals surface area contributed by atoms with Crippen molar-refractivity contribution in [3.8, 4) is 34.1 Å². The molecule has 0 amide bonds. The Hall–Kier alpha value is -4.26. The van der Waals surface area contributed by atoms with Gasteiger partial charge in [-0.15, -0.1) is 4.73 Å². The number of rotatable bonds is 4. The molecule has 0 aliphatic heterocycles. The second-order valence-corrected chi connectivity index (χ2v) is 7.34. The van der Waals surface area contributed by atoms with Crippen LogP contribution in [-0.4, -0.2) is 24.2 Å². The molecule has 4 aromatic rings. The van der Waals surface area contributed by atoms with Crippen molar-refractivity contribution < 1.29 is 19.1 Å². The standard InChI is InChI=1S/C13H13NO3.C13H12O3/c1-9-7-12(14(16)13(15)8-9)10-3-5-11(17-2)6-4-10;1-9-7-12(16-13(14)8-9)10-3-5-11(15-2)6-4-10/h3-8,16H,1-2H3;3-8H,1-2H3. The zero-order valence-corrected chi connectivity index (χ0v) is 18.9. The summed E-state index contributed by atoms with van der Waals surface area (Å²) in [5.74, 6) is 2.08. The highest BCUT2D eigenvalue weighted by atomic mass is 16.5. The molecule has 2 aromatic heterocycles. The largest absolute Gasteiger partial charge is 0.497 e. The van der Waals surface area contributed by atoms with Crippen LogP contribution in [0.15, 0.2) is 86.8 Å². The van der Waals surface area contributed by atoms with Gasteiger partial charge in [0.15, 0.2) is 0 Å². The second kappa shape index (κ2) is 10.4. The zero-order valence-electron chi connectivity index (χ0n) is 18.9. The Morgan fingerprint density at radius 3 is 1.76 bits per heavy atom. The normalized spacial score (nSPS) is 10.2. The van der Waals surface area contributed by atoms with Gasteiger partial charge in [0.25, 0.3) is 5.56 Å². The lowest BCUT2D eigenvalue weighted by atomic mass is 10.1. The molecule has 2 aromatic carbocycles. The molecule has 33 heavy (non-hydrogen) atoms. The van der Waals surface area contributed by atoms with Gasteiger partial charge in [-0.1, -0.05) is 0 Å². The van der Waals surface area contributed by atoms with Gasteiger partial charge < -0.3 is 19.1 Å². The summed E-state index contributed by atoms with van der Waals surface area (Å²) in [5.41, 5.74) is 3.03. The minimum atomic E-state index is -0.434. The Bertz CT molecular complexity index is 1340. The Morgan fingerprint density at radius 1 is 0.727 bits per heavy atom. The van der Waals surface area contributed by atoms with Crippen LogP contribution in [0.5, 0.6) is 11.5 Å². The fourth-order valence-corrected chi connectivity index (χ4v) is 3.16. The van der Waals surface area contributed by atoms with Crippen LogP contribution >= 0.6 is 0 Å². The highest BCUT2D eigenvalue weighted by molar-refractivity contribution is 5.61. The van der Waals surface area contributed by atoms with Gasteiger partial charge in [0.05, 0.1) is 19.9 Å². The van der Waals surface area contributed by atoms with Crippen molar-refractivity contribution in [3.63, 3.8) is 0 Å². The Morgan fingerprint density at radius 2 is 1.24 bits per heavy atom. The molecule has 7 heteroatoms. The van der Waals surface area contributed by atoms with Crippen molar-refractivity contribution in [2.75, 3.05) is 14.2 Å². The molecule has 170 valence electrons. The average molecular weight is 447 g/mol. The number of ether oxygens (including phenoxy) is 2. The lowest BCUT2D eigenvalue weighted by molar-refractivity contribution is 0.179. The third-order valence-corrected chi connectivity index (χ3v) is 4.83. The van der Waals surface area contributed by atoms with E-state index in [0.717, 1.165) is 33.8 Å². The monoisotopic (exact) mass is 447 g/mol. The predicted octanol–water partition coefficient (Wildman–Crippen LogP) is 4.69. The third-order valence-electron chi connectivity index (χ3n) is 4.83.